The SMILES string of the molecule is NC(N/C(=C\Cc1cc2c3ccccc3c3ccccc3c2c2ccccc12)c1c2ccccc2c(-c2ccccc2)c2c1ccc1ccccc12)c1ccccc1. The Morgan fingerprint density at radius 1 is 0.431 bits per heavy atom. The highest BCUT2D eigenvalue weighted by atomic mass is 15.0. The first kappa shape index (κ1) is 34.0. The molecule has 0 saturated heterocycles. The zero-order chi connectivity index (χ0) is 38.6. The van der Waals surface area contributed by atoms with E-state index in [0.29, 0.717) is 6.42 Å². The van der Waals surface area contributed by atoms with Crippen LogP contribution in [0, 0.1) is 0 Å². The second-order valence-electron chi connectivity index (χ2n) is 15.3. The molecular formula is C56H40N2. The van der Waals surface area contributed by atoms with Crippen molar-refractivity contribution in [3.05, 3.63) is 223 Å². The van der Waals surface area contributed by atoms with Crippen molar-refractivity contribution in [2.24, 2.45) is 5.73 Å². The molecule has 11 aromatic carbocycles. The summed E-state index contributed by atoms with van der Waals surface area (Å²) in [5, 5.41) is 21.4. The summed E-state index contributed by atoms with van der Waals surface area (Å²) >= 11 is 0. The van der Waals surface area contributed by atoms with Gasteiger partial charge in [-0.25, -0.2) is 0 Å². The average molecular weight is 741 g/mol. The van der Waals surface area contributed by atoms with Crippen molar-refractivity contribution in [2.45, 2.75) is 12.6 Å². The summed E-state index contributed by atoms with van der Waals surface area (Å²) in [7, 11) is 0. The van der Waals surface area contributed by atoms with Gasteiger partial charge in [0.2, 0.25) is 0 Å². The van der Waals surface area contributed by atoms with Gasteiger partial charge < -0.3 is 11.1 Å². The van der Waals surface area contributed by atoms with E-state index >= 15 is 0 Å². The molecule has 11 aromatic rings. The van der Waals surface area contributed by atoms with Gasteiger partial charge >= 0.3 is 0 Å². The largest absolute Gasteiger partial charge is 0.366 e. The molecule has 0 aliphatic rings. The van der Waals surface area contributed by atoms with E-state index in [4.69, 9.17) is 5.73 Å². The third-order valence-electron chi connectivity index (χ3n) is 12.1. The summed E-state index contributed by atoms with van der Waals surface area (Å²) in [6, 6.07) is 72.5. The lowest BCUT2D eigenvalue weighted by molar-refractivity contribution is 0.666. The van der Waals surface area contributed by atoms with Crippen LogP contribution in [-0.2, 0) is 6.42 Å². The molecule has 3 N–H and O–H groups in total. The summed E-state index contributed by atoms with van der Waals surface area (Å²) in [5.41, 5.74) is 14.1. The Morgan fingerprint density at radius 3 is 1.66 bits per heavy atom. The van der Waals surface area contributed by atoms with Gasteiger partial charge in [0.1, 0.15) is 6.17 Å². The molecule has 0 saturated carbocycles. The number of allylic oxidation sites excluding steroid dienone is 1. The Bertz CT molecular complexity index is 3400. The lowest BCUT2D eigenvalue weighted by atomic mass is 9.84. The highest BCUT2D eigenvalue weighted by Gasteiger charge is 2.22. The molecule has 11 rings (SSSR count). The van der Waals surface area contributed by atoms with Crippen molar-refractivity contribution < 1.29 is 0 Å². The minimum absolute atomic E-state index is 0.431. The van der Waals surface area contributed by atoms with Crippen LogP contribution in [-0.4, -0.2) is 0 Å². The molecule has 0 aliphatic heterocycles. The van der Waals surface area contributed by atoms with Gasteiger partial charge in [-0.15, -0.1) is 0 Å². The zero-order valence-corrected chi connectivity index (χ0v) is 32.0. The van der Waals surface area contributed by atoms with Crippen LogP contribution in [0.1, 0.15) is 22.9 Å². The molecule has 0 aliphatic carbocycles. The van der Waals surface area contributed by atoms with Crippen LogP contribution in [0.25, 0.3) is 92.2 Å². The second-order valence-corrected chi connectivity index (χ2v) is 15.3. The second kappa shape index (κ2) is 14.0. The van der Waals surface area contributed by atoms with Crippen molar-refractivity contribution in [1.29, 1.82) is 0 Å². The molecule has 0 bridgehead atoms. The highest BCUT2D eigenvalue weighted by Crippen LogP contribution is 2.45. The topological polar surface area (TPSA) is 38.0 Å². The molecule has 0 fully saturated rings. The number of benzene rings is 11. The number of rotatable bonds is 7. The van der Waals surface area contributed by atoms with E-state index in [9.17, 15) is 0 Å². The molecule has 0 amide bonds. The predicted octanol–water partition coefficient (Wildman–Crippen LogP) is 14.3. The van der Waals surface area contributed by atoms with Gasteiger partial charge in [-0.3, -0.25) is 0 Å². The first-order valence-corrected chi connectivity index (χ1v) is 20.2. The van der Waals surface area contributed by atoms with E-state index in [1.807, 2.05) is 6.07 Å². The van der Waals surface area contributed by atoms with Crippen molar-refractivity contribution in [1.82, 2.24) is 5.32 Å². The Labute approximate surface area is 337 Å². The molecule has 0 heterocycles. The Kier molecular flexibility index (Phi) is 8.24. The van der Waals surface area contributed by atoms with Crippen LogP contribution in [0.15, 0.2) is 206 Å². The molecule has 2 heteroatoms. The van der Waals surface area contributed by atoms with Crippen molar-refractivity contribution in [3.8, 4) is 11.1 Å². The fourth-order valence-electron chi connectivity index (χ4n) is 9.51. The molecule has 0 radical (unpaired) electrons. The van der Waals surface area contributed by atoms with Crippen molar-refractivity contribution in [3.63, 3.8) is 0 Å². The van der Waals surface area contributed by atoms with E-state index in [-0.39, 0.29) is 0 Å². The van der Waals surface area contributed by atoms with E-state index in [1.165, 1.54) is 92.1 Å². The smallest absolute Gasteiger partial charge is 0.101 e. The van der Waals surface area contributed by atoms with Gasteiger partial charge in [-0.1, -0.05) is 200 Å². The van der Waals surface area contributed by atoms with Gasteiger partial charge in [-0.2, -0.15) is 0 Å². The fraction of sp³-hybridized carbons (Fsp3) is 0.0357. The third-order valence-corrected chi connectivity index (χ3v) is 12.1. The summed E-state index contributed by atoms with van der Waals surface area (Å²) in [6.45, 7) is 0. The Balaban J connectivity index is 1.21. The van der Waals surface area contributed by atoms with Gasteiger partial charge in [0, 0.05) is 11.3 Å². The maximum Gasteiger partial charge on any atom is 0.101 e. The summed E-state index contributed by atoms with van der Waals surface area (Å²) in [4.78, 5) is 0. The number of fused-ring (bicyclic) bond motifs is 12. The monoisotopic (exact) mass is 740 g/mol. The maximum absolute atomic E-state index is 7.13. The number of hydrogen-bond donors (Lipinski definition) is 2. The van der Waals surface area contributed by atoms with E-state index < -0.39 is 6.17 Å². The zero-order valence-electron chi connectivity index (χ0n) is 32.0. The van der Waals surface area contributed by atoms with Gasteiger partial charge in [-0.05, 0) is 110 Å². The van der Waals surface area contributed by atoms with Gasteiger partial charge in [0.05, 0.1) is 0 Å². The number of hydrogen-bond acceptors (Lipinski definition) is 2. The third kappa shape index (κ3) is 5.53. The fourth-order valence-corrected chi connectivity index (χ4v) is 9.51. The van der Waals surface area contributed by atoms with Crippen LogP contribution in [0.3, 0.4) is 0 Å². The number of nitrogens with two attached hydrogens (primary N) is 1. The van der Waals surface area contributed by atoms with Gasteiger partial charge in [0.25, 0.3) is 0 Å². The van der Waals surface area contributed by atoms with Crippen molar-refractivity contribution in [2.75, 3.05) is 0 Å². The maximum atomic E-state index is 7.13. The van der Waals surface area contributed by atoms with E-state index in [1.54, 1.807) is 0 Å². The van der Waals surface area contributed by atoms with Crippen LogP contribution >= 0.6 is 0 Å². The van der Waals surface area contributed by atoms with Crippen LogP contribution in [0.5, 0.6) is 0 Å². The Hall–Kier alpha value is -7.26. The quantitative estimate of drug-likeness (QED) is 0.0970. The first-order valence-electron chi connectivity index (χ1n) is 20.2. The summed E-state index contributed by atoms with van der Waals surface area (Å²) < 4.78 is 0. The molecule has 274 valence electrons. The standard InChI is InChI=1S/C56H40N2/c57-56(38-20-5-2-6-21-38)58-51(34-32-39-35-50-44-26-11-10-24-42(44)43-25-12-14-28-46(43)53(50)45-27-13-9-22-40(39)45)54-48-30-16-15-29-47(48)52(37-18-3-1-4-19-37)55-41-23-8-7-17-36(41)31-33-49(54)55/h1-31,33-35,56,58H,32,57H2/b51-34-. The lowest BCUT2D eigenvalue weighted by Gasteiger charge is -2.24. The highest BCUT2D eigenvalue weighted by molar-refractivity contribution is 6.32. The molecule has 1 unspecified atom stereocenters. The molecule has 1 atom stereocenters. The molecule has 0 aromatic heterocycles. The Morgan fingerprint density at radius 2 is 0.948 bits per heavy atom. The predicted molar refractivity (Wildman–Crippen MR) is 249 cm³/mol. The summed E-state index contributed by atoms with van der Waals surface area (Å²) in [6.07, 6.45) is 2.66. The molecular weight excluding hydrogens is 701 g/mol. The average Bonchev–Trinajstić information content (AvgIpc) is 3.30. The lowest BCUT2D eigenvalue weighted by Crippen LogP contribution is -2.27. The van der Waals surface area contributed by atoms with E-state index in [2.05, 4.69) is 206 Å². The van der Waals surface area contributed by atoms with Gasteiger partial charge in [0.15, 0.2) is 0 Å². The summed E-state index contributed by atoms with van der Waals surface area (Å²) in [5.74, 6) is 0. The molecule has 0 spiro atoms. The van der Waals surface area contributed by atoms with E-state index in [0.717, 1.165) is 16.8 Å². The minimum atomic E-state index is -0.431. The normalized spacial score (nSPS) is 12.7. The molecule has 2 nitrogen and oxygen atoms in total. The minimum Gasteiger partial charge on any atom is -0.366 e. The first-order chi connectivity index (χ1) is 28.7. The van der Waals surface area contributed by atoms with Crippen molar-refractivity contribution >= 4 is 81.1 Å². The van der Waals surface area contributed by atoms with Crippen LogP contribution in [0.2, 0.25) is 0 Å². The number of nitrogens with one attached hydrogen (secondary N) is 1. The van der Waals surface area contributed by atoms with Crippen LogP contribution < -0.4 is 11.1 Å². The molecule has 58 heavy (non-hydrogen) atoms. The van der Waals surface area contributed by atoms with Crippen LogP contribution in [0.4, 0.5) is 0 Å².